The van der Waals surface area contributed by atoms with Crippen molar-refractivity contribution in [3.05, 3.63) is 59.1 Å². The van der Waals surface area contributed by atoms with Crippen LogP contribution in [0.5, 0.6) is 5.75 Å². The number of esters is 1. The van der Waals surface area contributed by atoms with Crippen LogP contribution in [0.25, 0.3) is 11.5 Å². The first-order chi connectivity index (χ1) is 14.2. The quantitative estimate of drug-likeness (QED) is 0.305. The number of carbonyl (C=O) groups excluding carboxylic acids is 1. The van der Waals surface area contributed by atoms with Crippen LogP contribution in [0.4, 0.5) is 0 Å². The maximum Gasteiger partial charge on any atom is 0.339 e. The Kier molecular flexibility index (Phi) is 7.56. The van der Waals surface area contributed by atoms with Gasteiger partial charge >= 0.3 is 5.97 Å². The Bertz CT molecular complexity index is 1020. The molecule has 2 aromatic carbocycles. The molecule has 3 aromatic rings. The lowest BCUT2D eigenvalue weighted by atomic mass is 10.2. The molecule has 3 rings (SSSR count). The van der Waals surface area contributed by atoms with Gasteiger partial charge in [0.1, 0.15) is 5.75 Å². The number of carbonyl (C=O) groups is 1. The van der Waals surface area contributed by atoms with Gasteiger partial charge in [-0.25, -0.2) is 4.79 Å². The van der Waals surface area contributed by atoms with E-state index in [1.807, 2.05) is 31.2 Å². The average molecular weight is 429 g/mol. The molecule has 0 amide bonds. The van der Waals surface area contributed by atoms with Crippen molar-refractivity contribution in [2.24, 2.45) is 0 Å². The Morgan fingerprint density at radius 1 is 1.17 bits per heavy atom. The largest absolute Gasteiger partial charge is 0.494 e. The molecular weight excluding hydrogens is 412 g/mol. The predicted octanol–water partition coefficient (Wildman–Crippen LogP) is 4.74. The minimum atomic E-state index is -0.466. The van der Waals surface area contributed by atoms with Crippen LogP contribution >= 0.6 is 23.4 Å². The van der Waals surface area contributed by atoms with E-state index in [-0.39, 0.29) is 6.61 Å². The first kappa shape index (κ1) is 20.8. The maximum absolute atomic E-state index is 11.9. The third kappa shape index (κ3) is 6.28. The van der Waals surface area contributed by atoms with E-state index in [0.717, 1.165) is 11.3 Å². The molecule has 0 fully saturated rings. The van der Waals surface area contributed by atoms with Gasteiger partial charge in [-0.2, -0.15) is 0 Å². The smallest absolute Gasteiger partial charge is 0.339 e. The van der Waals surface area contributed by atoms with Crippen molar-refractivity contribution >= 4 is 29.3 Å². The topological polar surface area (TPSA) is 74.5 Å². The molecule has 0 saturated heterocycles. The summed E-state index contributed by atoms with van der Waals surface area (Å²) in [6.45, 7) is 2.54. The van der Waals surface area contributed by atoms with Crippen LogP contribution in [-0.4, -0.2) is 35.1 Å². The number of thioether (sulfide) groups is 1. The number of aromatic nitrogens is 2. The standard InChI is InChI=1S/C21H17ClN2O4S/c1-2-26-18-10-8-15(9-11-18)19-23-24-21(28-19)29-13-4-3-12-27-20(25)16-6-5-7-17(22)14-16/h5-11,14H,2,12-13H2,1H3. The maximum atomic E-state index is 11.9. The second kappa shape index (κ2) is 10.6. The molecule has 1 heterocycles. The second-order valence-corrected chi connectivity index (χ2v) is 6.92. The summed E-state index contributed by atoms with van der Waals surface area (Å²) in [6, 6.07) is 14.0. The first-order valence-electron chi connectivity index (χ1n) is 8.73. The molecule has 8 heteroatoms. The summed E-state index contributed by atoms with van der Waals surface area (Å²) in [4.78, 5) is 11.9. The number of halogens is 1. The van der Waals surface area contributed by atoms with Crippen LogP contribution in [0.3, 0.4) is 0 Å². The van der Waals surface area contributed by atoms with Crippen LogP contribution in [0, 0.1) is 11.8 Å². The number of nitrogens with zero attached hydrogens (tertiary/aromatic N) is 2. The minimum absolute atomic E-state index is 0.00678. The highest BCUT2D eigenvalue weighted by Gasteiger charge is 2.09. The molecule has 29 heavy (non-hydrogen) atoms. The SMILES string of the molecule is CCOc1ccc(-c2nnc(SCC#CCOC(=O)c3cccc(Cl)c3)o2)cc1. The van der Waals surface area contributed by atoms with Crippen molar-refractivity contribution in [3.63, 3.8) is 0 Å². The van der Waals surface area contributed by atoms with Crippen LogP contribution in [0.2, 0.25) is 5.02 Å². The van der Waals surface area contributed by atoms with Gasteiger partial charge in [0.2, 0.25) is 5.89 Å². The monoisotopic (exact) mass is 428 g/mol. The lowest BCUT2D eigenvalue weighted by molar-refractivity contribution is 0.0556. The number of hydrogen-bond donors (Lipinski definition) is 0. The summed E-state index contributed by atoms with van der Waals surface area (Å²) in [7, 11) is 0. The normalized spacial score (nSPS) is 10.1. The highest BCUT2D eigenvalue weighted by molar-refractivity contribution is 7.99. The van der Waals surface area contributed by atoms with E-state index < -0.39 is 5.97 Å². The predicted molar refractivity (Wildman–Crippen MR) is 111 cm³/mol. The zero-order chi connectivity index (χ0) is 20.5. The molecular formula is C21H17ClN2O4S. The molecule has 0 atom stereocenters. The Labute approximate surface area is 177 Å². The van der Waals surface area contributed by atoms with Crippen molar-refractivity contribution in [2.75, 3.05) is 19.0 Å². The van der Waals surface area contributed by atoms with Gasteiger partial charge in [0.25, 0.3) is 5.22 Å². The Morgan fingerprint density at radius 2 is 2.00 bits per heavy atom. The summed E-state index contributed by atoms with van der Waals surface area (Å²) in [5.41, 5.74) is 1.20. The van der Waals surface area contributed by atoms with Gasteiger partial charge in [0, 0.05) is 10.6 Å². The van der Waals surface area contributed by atoms with Crippen molar-refractivity contribution in [3.8, 4) is 29.0 Å². The molecule has 0 saturated carbocycles. The Morgan fingerprint density at radius 3 is 2.76 bits per heavy atom. The fraction of sp³-hybridized carbons (Fsp3) is 0.190. The summed E-state index contributed by atoms with van der Waals surface area (Å²) in [6.07, 6.45) is 0. The summed E-state index contributed by atoms with van der Waals surface area (Å²) in [5, 5.41) is 8.92. The number of rotatable bonds is 7. The lowest BCUT2D eigenvalue weighted by Crippen LogP contribution is -2.05. The van der Waals surface area contributed by atoms with Crippen LogP contribution in [0.15, 0.2) is 58.2 Å². The molecule has 0 bridgehead atoms. The van der Waals surface area contributed by atoms with Crippen LogP contribution in [-0.2, 0) is 4.74 Å². The van der Waals surface area contributed by atoms with Gasteiger partial charge in [-0.15, -0.1) is 10.2 Å². The third-order valence-electron chi connectivity index (χ3n) is 3.55. The first-order valence-corrected chi connectivity index (χ1v) is 10.1. The Hall–Kier alpha value is -2.95. The average Bonchev–Trinajstić information content (AvgIpc) is 3.20. The van der Waals surface area contributed by atoms with Crippen molar-refractivity contribution in [1.29, 1.82) is 0 Å². The molecule has 0 radical (unpaired) electrons. The highest BCUT2D eigenvalue weighted by Crippen LogP contribution is 2.24. The van der Waals surface area contributed by atoms with E-state index in [0.29, 0.717) is 34.1 Å². The van der Waals surface area contributed by atoms with Gasteiger partial charge in [-0.1, -0.05) is 41.3 Å². The number of hydrogen-bond acceptors (Lipinski definition) is 7. The molecule has 0 spiro atoms. The molecule has 148 valence electrons. The molecule has 0 unspecified atom stereocenters. The fourth-order valence-corrected chi connectivity index (χ4v) is 2.97. The van der Waals surface area contributed by atoms with Crippen molar-refractivity contribution in [2.45, 2.75) is 12.1 Å². The molecule has 0 aliphatic heterocycles. The molecule has 0 N–H and O–H groups in total. The molecule has 1 aromatic heterocycles. The third-order valence-corrected chi connectivity index (χ3v) is 4.48. The zero-order valence-corrected chi connectivity index (χ0v) is 17.1. The van der Waals surface area contributed by atoms with Gasteiger partial charge in [0.15, 0.2) is 6.61 Å². The molecule has 6 nitrogen and oxygen atoms in total. The van der Waals surface area contributed by atoms with Crippen molar-refractivity contribution in [1.82, 2.24) is 10.2 Å². The number of benzene rings is 2. The van der Waals surface area contributed by atoms with Gasteiger partial charge < -0.3 is 13.9 Å². The van der Waals surface area contributed by atoms with E-state index >= 15 is 0 Å². The number of ether oxygens (including phenoxy) is 2. The van der Waals surface area contributed by atoms with E-state index in [4.69, 9.17) is 25.5 Å². The van der Waals surface area contributed by atoms with Gasteiger partial charge in [-0.3, -0.25) is 0 Å². The highest BCUT2D eigenvalue weighted by atomic mass is 35.5. The van der Waals surface area contributed by atoms with E-state index in [1.54, 1.807) is 24.3 Å². The summed E-state index contributed by atoms with van der Waals surface area (Å²) in [5.74, 6) is 6.85. The van der Waals surface area contributed by atoms with Crippen molar-refractivity contribution < 1.29 is 18.7 Å². The zero-order valence-electron chi connectivity index (χ0n) is 15.6. The van der Waals surface area contributed by atoms with E-state index in [2.05, 4.69) is 22.0 Å². The molecule has 0 aliphatic rings. The van der Waals surface area contributed by atoms with E-state index in [9.17, 15) is 4.79 Å². The Balaban J connectivity index is 1.44. The van der Waals surface area contributed by atoms with Gasteiger partial charge in [-0.05, 0) is 49.4 Å². The fourth-order valence-electron chi connectivity index (χ4n) is 2.25. The van der Waals surface area contributed by atoms with Gasteiger partial charge in [0.05, 0.1) is 17.9 Å². The molecule has 0 aliphatic carbocycles. The minimum Gasteiger partial charge on any atom is -0.494 e. The van der Waals surface area contributed by atoms with Crippen LogP contribution in [0.1, 0.15) is 17.3 Å². The summed E-state index contributed by atoms with van der Waals surface area (Å²) >= 11 is 7.15. The second-order valence-electron chi connectivity index (χ2n) is 5.56. The lowest BCUT2D eigenvalue weighted by Gasteiger charge is -2.02. The van der Waals surface area contributed by atoms with E-state index in [1.165, 1.54) is 11.8 Å². The van der Waals surface area contributed by atoms with Crippen LogP contribution < -0.4 is 4.74 Å². The summed E-state index contributed by atoms with van der Waals surface area (Å²) < 4.78 is 16.1.